The molecule has 0 unspecified atom stereocenters. The van der Waals surface area contributed by atoms with Crippen molar-refractivity contribution in [2.45, 2.75) is 13.1 Å². The van der Waals surface area contributed by atoms with Crippen LogP contribution in [0.15, 0.2) is 36.4 Å². The molecule has 0 N–H and O–H groups in total. The number of piperazine rings is 1. The van der Waals surface area contributed by atoms with Crippen molar-refractivity contribution in [3.8, 4) is 5.75 Å². The molecule has 1 heterocycles. The molecule has 0 aromatic heterocycles. The normalized spacial score (nSPS) is 14.5. The standard InChI is InChI=1S/C20H19ClF3N3O4/c1-13-10-15(3-4-16(13)21)31-12-19(28)26-8-6-25(7-9-26)17-5-2-14(20(22,23)24)11-18(17)27(29)30/h2-5,10-11H,6-9,12H2,1H3. The average molecular weight is 458 g/mol. The number of rotatable bonds is 5. The van der Waals surface area contributed by atoms with Crippen molar-refractivity contribution in [2.75, 3.05) is 37.7 Å². The number of nitrogens with zero attached hydrogens (tertiary/aromatic N) is 3. The zero-order valence-corrected chi connectivity index (χ0v) is 17.2. The van der Waals surface area contributed by atoms with E-state index in [9.17, 15) is 28.1 Å². The first kappa shape index (κ1) is 22.7. The molecule has 1 saturated heterocycles. The van der Waals surface area contributed by atoms with Crippen LogP contribution in [-0.4, -0.2) is 48.5 Å². The zero-order valence-electron chi connectivity index (χ0n) is 16.5. The Morgan fingerprint density at radius 1 is 1.16 bits per heavy atom. The number of aryl methyl sites for hydroxylation is 1. The molecule has 0 saturated carbocycles. The minimum Gasteiger partial charge on any atom is -0.484 e. The first-order chi connectivity index (χ1) is 14.6. The number of hydrogen-bond donors (Lipinski definition) is 0. The summed E-state index contributed by atoms with van der Waals surface area (Å²) in [7, 11) is 0. The summed E-state index contributed by atoms with van der Waals surface area (Å²) in [5.41, 5.74) is -0.779. The van der Waals surface area contributed by atoms with Gasteiger partial charge in [-0.15, -0.1) is 0 Å². The van der Waals surface area contributed by atoms with E-state index in [2.05, 4.69) is 0 Å². The molecule has 1 aliphatic rings. The number of alkyl halides is 3. The van der Waals surface area contributed by atoms with Gasteiger partial charge in [0.2, 0.25) is 0 Å². The van der Waals surface area contributed by atoms with Crippen LogP contribution in [0.1, 0.15) is 11.1 Å². The number of hydrogen-bond acceptors (Lipinski definition) is 5. The molecule has 1 amide bonds. The molecule has 2 aromatic carbocycles. The van der Waals surface area contributed by atoms with Crippen molar-refractivity contribution in [1.82, 2.24) is 4.90 Å². The Hall–Kier alpha value is -3.01. The predicted molar refractivity (Wildman–Crippen MR) is 109 cm³/mol. The van der Waals surface area contributed by atoms with Crippen molar-refractivity contribution in [3.05, 3.63) is 62.7 Å². The molecule has 0 spiro atoms. The van der Waals surface area contributed by atoms with Crippen LogP contribution in [0.2, 0.25) is 5.02 Å². The highest BCUT2D eigenvalue weighted by atomic mass is 35.5. The van der Waals surface area contributed by atoms with E-state index in [0.717, 1.165) is 17.7 Å². The van der Waals surface area contributed by atoms with E-state index < -0.39 is 22.4 Å². The Balaban J connectivity index is 1.61. The van der Waals surface area contributed by atoms with Crippen LogP contribution >= 0.6 is 11.6 Å². The van der Waals surface area contributed by atoms with Crippen LogP contribution in [-0.2, 0) is 11.0 Å². The van der Waals surface area contributed by atoms with Crippen LogP contribution in [0.4, 0.5) is 24.5 Å². The highest BCUT2D eigenvalue weighted by Gasteiger charge is 2.34. The van der Waals surface area contributed by atoms with Gasteiger partial charge in [0.1, 0.15) is 11.4 Å². The molecule has 2 aromatic rings. The lowest BCUT2D eigenvalue weighted by Crippen LogP contribution is -2.50. The second-order valence-electron chi connectivity index (χ2n) is 7.03. The summed E-state index contributed by atoms with van der Waals surface area (Å²) >= 11 is 5.96. The molecule has 1 aliphatic heterocycles. The van der Waals surface area contributed by atoms with E-state index in [4.69, 9.17) is 16.3 Å². The van der Waals surface area contributed by atoms with Gasteiger partial charge in [-0.25, -0.2) is 0 Å². The fourth-order valence-corrected chi connectivity index (χ4v) is 3.37. The lowest BCUT2D eigenvalue weighted by Gasteiger charge is -2.35. The van der Waals surface area contributed by atoms with Gasteiger partial charge >= 0.3 is 6.18 Å². The topological polar surface area (TPSA) is 75.9 Å². The molecule has 0 aliphatic carbocycles. The quantitative estimate of drug-likeness (QED) is 0.494. The Bertz CT molecular complexity index is 992. The van der Waals surface area contributed by atoms with Gasteiger partial charge in [0.05, 0.1) is 10.5 Å². The largest absolute Gasteiger partial charge is 0.484 e. The second kappa shape index (κ2) is 9.01. The van der Waals surface area contributed by atoms with Gasteiger partial charge in [-0.1, -0.05) is 11.6 Å². The van der Waals surface area contributed by atoms with E-state index in [1.807, 2.05) is 6.92 Å². The summed E-state index contributed by atoms with van der Waals surface area (Å²) in [6.45, 7) is 2.66. The second-order valence-corrected chi connectivity index (χ2v) is 7.43. The first-order valence-corrected chi connectivity index (χ1v) is 9.71. The van der Waals surface area contributed by atoms with Crippen LogP contribution in [0.5, 0.6) is 5.75 Å². The van der Waals surface area contributed by atoms with Crippen molar-refractivity contribution in [3.63, 3.8) is 0 Å². The molecule has 3 rings (SSSR count). The van der Waals surface area contributed by atoms with Crippen LogP contribution in [0.3, 0.4) is 0 Å². The molecule has 1 fully saturated rings. The minimum atomic E-state index is -4.67. The molecule has 166 valence electrons. The van der Waals surface area contributed by atoms with E-state index in [1.54, 1.807) is 28.0 Å². The predicted octanol–water partition coefficient (Wildman–Crippen LogP) is 4.30. The third kappa shape index (κ3) is 5.38. The van der Waals surface area contributed by atoms with Crippen molar-refractivity contribution < 1.29 is 27.6 Å². The lowest BCUT2D eigenvalue weighted by atomic mass is 10.1. The zero-order chi connectivity index (χ0) is 22.8. The summed E-state index contributed by atoms with van der Waals surface area (Å²) in [6, 6.07) is 7.51. The number of carbonyl (C=O) groups excluding carboxylic acids is 1. The number of ether oxygens (including phenoxy) is 1. The van der Waals surface area contributed by atoms with Crippen LogP contribution < -0.4 is 9.64 Å². The number of anilines is 1. The molecule has 11 heteroatoms. The third-order valence-electron chi connectivity index (χ3n) is 4.96. The maximum atomic E-state index is 12.9. The highest BCUT2D eigenvalue weighted by molar-refractivity contribution is 6.31. The summed E-state index contributed by atoms with van der Waals surface area (Å²) in [5, 5.41) is 11.9. The molecule has 31 heavy (non-hydrogen) atoms. The number of nitro benzene ring substituents is 1. The van der Waals surface area contributed by atoms with E-state index in [-0.39, 0.29) is 44.4 Å². The Morgan fingerprint density at radius 2 is 1.84 bits per heavy atom. The summed E-state index contributed by atoms with van der Waals surface area (Å²) < 4.78 is 44.2. The fraction of sp³-hybridized carbons (Fsp3) is 0.350. The van der Waals surface area contributed by atoms with Gasteiger partial charge in [0.15, 0.2) is 6.61 Å². The molecular weight excluding hydrogens is 439 g/mol. The minimum absolute atomic E-state index is 0.0954. The maximum Gasteiger partial charge on any atom is 0.416 e. The number of carbonyl (C=O) groups is 1. The molecule has 0 radical (unpaired) electrons. The number of benzene rings is 2. The molecule has 7 nitrogen and oxygen atoms in total. The van der Waals surface area contributed by atoms with Crippen molar-refractivity contribution in [2.24, 2.45) is 0 Å². The SMILES string of the molecule is Cc1cc(OCC(=O)N2CCN(c3ccc(C(F)(F)F)cc3[N+](=O)[O-])CC2)ccc1Cl. The first-order valence-electron chi connectivity index (χ1n) is 9.33. The van der Waals surface area contributed by atoms with Gasteiger partial charge in [0, 0.05) is 37.3 Å². The summed E-state index contributed by atoms with van der Waals surface area (Å²) in [5.74, 6) is 0.253. The highest BCUT2D eigenvalue weighted by Crippen LogP contribution is 2.36. The smallest absolute Gasteiger partial charge is 0.416 e. The van der Waals surface area contributed by atoms with Crippen molar-refractivity contribution >= 4 is 28.9 Å². The van der Waals surface area contributed by atoms with Crippen LogP contribution in [0, 0.1) is 17.0 Å². The van der Waals surface area contributed by atoms with Gasteiger partial charge in [0.25, 0.3) is 11.6 Å². The maximum absolute atomic E-state index is 12.9. The number of amides is 1. The van der Waals surface area contributed by atoms with Crippen LogP contribution in [0.25, 0.3) is 0 Å². The van der Waals surface area contributed by atoms with E-state index in [1.165, 1.54) is 0 Å². The Kier molecular flexibility index (Phi) is 6.59. The molecule has 0 atom stereocenters. The monoisotopic (exact) mass is 457 g/mol. The number of nitro groups is 1. The third-order valence-corrected chi connectivity index (χ3v) is 5.39. The lowest BCUT2D eigenvalue weighted by molar-refractivity contribution is -0.384. The molecular formula is C20H19ClF3N3O4. The number of halogens is 4. The van der Waals surface area contributed by atoms with Gasteiger partial charge in [-0.05, 0) is 42.8 Å². The van der Waals surface area contributed by atoms with Gasteiger partial charge in [-0.2, -0.15) is 13.2 Å². The average Bonchev–Trinajstić information content (AvgIpc) is 2.73. The van der Waals surface area contributed by atoms with E-state index in [0.29, 0.717) is 16.8 Å². The fourth-order valence-electron chi connectivity index (χ4n) is 3.25. The summed E-state index contributed by atoms with van der Waals surface area (Å²) in [6.07, 6.45) is -4.67. The van der Waals surface area contributed by atoms with Gasteiger partial charge < -0.3 is 14.5 Å². The van der Waals surface area contributed by atoms with Gasteiger partial charge in [-0.3, -0.25) is 14.9 Å². The summed E-state index contributed by atoms with van der Waals surface area (Å²) in [4.78, 5) is 26.0. The Labute approximate surface area is 181 Å². The van der Waals surface area contributed by atoms with E-state index >= 15 is 0 Å². The van der Waals surface area contributed by atoms with Crippen molar-refractivity contribution in [1.29, 1.82) is 0 Å². The Morgan fingerprint density at radius 3 is 2.42 bits per heavy atom. The molecule has 0 bridgehead atoms.